The molecule has 1 aromatic rings. The van der Waals surface area contributed by atoms with E-state index in [1.54, 1.807) is 0 Å². The van der Waals surface area contributed by atoms with E-state index in [2.05, 4.69) is 5.32 Å². The Labute approximate surface area is 112 Å². The SMILES string of the molecule is CCCC(C)NC(=O)COc1ccc(C#N)cc1F. The lowest BCUT2D eigenvalue weighted by molar-refractivity contribution is -0.123. The molecule has 0 aliphatic rings. The molecule has 0 saturated heterocycles. The van der Waals surface area contributed by atoms with Gasteiger partial charge in [0, 0.05) is 6.04 Å². The molecule has 0 saturated carbocycles. The van der Waals surface area contributed by atoms with Crippen LogP contribution in [-0.2, 0) is 4.79 Å². The number of rotatable bonds is 6. The molecule has 1 aromatic carbocycles. The monoisotopic (exact) mass is 264 g/mol. The van der Waals surface area contributed by atoms with E-state index in [1.807, 2.05) is 19.9 Å². The summed E-state index contributed by atoms with van der Waals surface area (Å²) in [7, 11) is 0. The molecule has 1 unspecified atom stereocenters. The first-order valence-corrected chi connectivity index (χ1v) is 6.18. The van der Waals surface area contributed by atoms with Crippen LogP contribution in [0.2, 0.25) is 0 Å². The maximum absolute atomic E-state index is 13.5. The van der Waals surface area contributed by atoms with Crippen LogP contribution in [0.4, 0.5) is 4.39 Å². The van der Waals surface area contributed by atoms with Gasteiger partial charge in [-0.3, -0.25) is 4.79 Å². The average Bonchev–Trinajstić information content (AvgIpc) is 2.37. The van der Waals surface area contributed by atoms with E-state index in [1.165, 1.54) is 12.1 Å². The van der Waals surface area contributed by atoms with Crippen LogP contribution in [0.3, 0.4) is 0 Å². The number of nitrogens with one attached hydrogen (secondary N) is 1. The smallest absolute Gasteiger partial charge is 0.258 e. The number of nitrogens with zero attached hydrogens (tertiary/aromatic N) is 1. The number of carbonyl (C=O) groups excluding carboxylic acids is 1. The highest BCUT2D eigenvalue weighted by molar-refractivity contribution is 5.77. The molecule has 0 aromatic heterocycles. The summed E-state index contributed by atoms with van der Waals surface area (Å²) in [5.74, 6) is -0.963. The fraction of sp³-hybridized carbons (Fsp3) is 0.429. The number of benzene rings is 1. The molecule has 1 amide bonds. The fourth-order valence-electron chi connectivity index (χ4n) is 1.65. The first-order valence-electron chi connectivity index (χ1n) is 6.18. The van der Waals surface area contributed by atoms with Crippen LogP contribution in [0, 0.1) is 17.1 Å². The first kappa shape index (κ1) is 15.0. The second-order valence-electron chi connectivity index (χ2n) is 4.30. The highest BCUT2D eigenvalue weighted by atomic mass is 19.1. The summed E-state index contributed by atoms with van der Waals surface area (Å²) in [4.78, 5) is 11.5. The molecule has 102 valence electrons. The fourth-order valence-corrected chi connectivity index (χ4v) is 1.65. The Kier molecular flexibility index (Phi) is 5.80. The normalized spacial score (nSPS) is 11.5. The molecule has 19 heavy (non-hydrogen) atoms. The van der Waals surface area contributed by atoms with Crippen LogP contribution in [0.1, 0.15) is 32.3 Å². The Hall–Kier alpha value is -2.09. The van der Waals surface area contributed by atoms with Crippen molar-refractivity contribution in [3.05, 3.63) is 29.6 Å². The zero-order valence-electron chi connectivity index (χ0n) is 11.1. The zero-order chi connectivity index (χ0) is 14.3. The third-order valence-corrected chi connectivity index (χ3v) is 2.55. The van der Waals surface area contributed by atoms with Crippen LogP contribution in [-0.4, -0.2) is 18.6 Å². The van der Waals surface area contributed by atoms with Gasteiger partial charge in [0.1, 0.15) is 0 Å². The van der Waals surface area contributed by atoms with E-state index in [-0.39, 0.29) is 29.9 Å². The second kappa shape index (κ2) is 7.37. The quantitative estimate of drug-likeness (QED) is 0.858. The molecule has 0 radical (unpaired) electrons. The molecule has 0 heterocycles. The zero-order valence-corrected chi connectivity index (χ0v) is 11.1. The van der Waals surface area contributed by atoms with E-state index in [0.717, 1.165) is 18.9 Å². The second-order valence-corrected chi connectivity index (χ2v) is 4.30. The van der Waals surface area contributed by atoms with Crippen molar-refractivity contribution in [2.24, 2.45) is 0 Å². The summed E-state index contributed by atoms with van der Waals surface area (Å²) in [5, 5.41) is 11.4. The summed E-state index contributed by atoms with van der Waals surface area (Å²) in [6.07, 6.45) is 1.86. The molecule has 1 rings (SSSR count). The van der Waals surface area contributed by atoms with Gasteiger partial charge in [0.25, 0.3) is 5.91 Å². The van der Waals surface area contributed by atoms with Crippen molar-refractivity contribution >= 4 is 5.91 Å². The number of nitriles is 1. The van der Waals surface area contributed by atoms with Gasteiger partial charge in [0.05, 0.1) is 11.6 Å². The van der Waals surface area contributed by atoms with Crippen LogP contribution >= 0.6 is 0 Å². The van der Waals surface area contributed by atoms with Crippen molar-refractivity contribution in [1.82, 2.24) is 5.32 Å². The van der Waals surface area contributed by atoms with Crippen molar-refractivity contribution in [3.8, 4) is 11.8 Å². The molecule has 0 aliphatic heterocycles. The van der Waals surface area contributed by atoms with E-state index in [0.29, 0.717) is 0 Å². The maximum Gasteiger partial charge on any atom is 0.258 e. The minimum Gasteiger partial charge on any atom is -0.481 e. The van der Waals surface area contributed by atoms with Crippen LogP contribution in [0.25, 0.3) is 0 Å². The van der Waals surface area contributed by atoms with Gasteiger partial charge in [-0.15, -0.1) is 0 Å². The molecule has 0 bridgehead atoms. The summed E-state index contributed by atoms with van der Waals surface area (Å²) >= 11 is 0. The molecule has 4 nitrogen and oxygen atoms in total. The van der Waals surface area contributed by atoms with E-state index >= 15 is 0 Å². The summed E-state index contributed by atoms with van der Waals surface area (Å²) in [6.45, 7) is 3.70. The minimum atomic E-state index is -0.645. The average molecular weight is 264 g/mol. The molecule has 1 atom stereocenters. The lowest BCUT2D eigenvalue weighted by atomic mass is 10.2. The molecule has 1 N–H and O–H groups in total. The highest BCUT2D eigenvalue weighted by Gasteiger charge is 2.09. The van der Waals surface area contributed by atoms with Gasteiger partial charge < -0.3 is 10.1 Å². The maximum atomic E-state index is 13.5. The Bertz CT molecular complexity index is 483. The molecular weight excluding hydrogens is 247 g/mol. The molecular formula is C14H17FN2O2. The van der Waals surface area contributed by atoms with Gasteiger partial charge in [0.15, 0.2) is 18.2 Å². The Balaban J connectivity index is 2.49. The third-order valence-electron chi connectivity index (χ3n) is 2.55. The lowest BCUT2D eigenvalue weighted by Crippen LogP contribution is -2.36. The largest absolute Gasteiger partial charge is 0.481 e. The van der Waals surface area contributed by atoms with Gasteiger partial charge >= 0.3 is 0 Å². The first-order chi connectivity index (χ1) is 9.06. The highest BCUT2D eigenvalue weighted by Crippen LogP contribution is 2.17. The molecule has 0 aliphatic carbocycles. The van der Waals surface area contributed by atoms with Gasteiger partial charge in [-0.25, -0.2) is 4.39 Å². The number of halogens is 1. The van der Waals surface area contributed by atoms with Crippen molar-refractivity contribution in [3.63, 3.8) is 0 Å². The standard InChI is InChI=1S/C14H17FN2O2/c1-3-4-10(2)17-14(18)9-19-13-6-5-11(8-16)7-12(13)15/h5-7,10H,3-4,9H2,1-2H3,(H,17,18). The van der Waals surface area contributed by atoms with E-state index in [4.69, 9.17) is 10.00 Å². The number of hydrogen-bond donors (Lipinski definition) is 1. The van der Waals surface area contributed by atoms with Crippen molar-refractivity contribution < 1.29 is 13.9 Å². The predicted octanol–water partition coefficient (Wildman–Crippen LogP) is 2.38. The summed E-state index contributed by atoms with van der Waals surface area (Å²) in [5.41, 5.74) is 0.214. The van der Waals surface area contributed by atoms with E-state index in [9.17, 15) is 9.18 Å². The van der Waals surface area contributed by atoms with E-state index < -0.39 is 5.82 Å². The number of carbonyl (C=O) groups is 1. The predicted molar refractivity (Wildman–Crippen MR) is 69.1 cm³/mol. The molecule has 5 heteroatoms. The van der Waals surface area contributed by atoms with Crippen LogP contribution in [0.5, 0.6) is 5.75 Å². The third kappa shape index (κ3) is 4.96. The summed E-state index contributed by atoms with van der Waals surface area (Å²) in [6, 6.07) is 5.76. The molecule has 0 spiro atoms. The number of hydrogen-bond acceptors (Lipinski definition) is 3. The van der Waals surface area contributed by atoms with Gasteiger partial charge in [-0.05, 0) is 31.5 Å². The Morgan fingerprint density at radius 1 is 1.58 bits per heavy atom. The lowest BCUT2D eigenvalue weighted by Gasteiger charge is -2.13. The minimum absolute atomic E-state index is 0.0303. The Morgan fingerprint density at radius 3 is 2.89 bits per heavy atom. The Morgan fingerprint density at radius 2 is 2.32 bits per heavy atom. The van der Waals surface area contributed by atoms with Crippen molar-refractivity contribution in [1.29, 1.82) is 5.26 Å². The number of amides is 1. The topological polar surface area (TPSA) is 62.1 Å². The van der Waals surface area contributed by atoms with Crippen molar-refractivity contribution in [2.75, 3.05) is 6.61 Å². The van der Waals surface area contributed by atoms with Crippen molar-refractivity contribution in [2.45, 2.75) is 32.7 Å². The van der Waals surface area contributed by atoms with Gasteiger partial charge in [-0.1, -0.05) is 13.3 Å². The van der Waals surface area contributed by atoms with Crippen LogP contribution in [0.15, 0.2) is 18.2 Å². The van der Waals surface area contributed by atoms with Gasteiger partial charge in [0.2, 0.25) is 0 Å². The summed E-state index contributed by atoms with van der Waals surface area (Å²) < 4.78 is 18.5. The van der Waals surface area contributed by atoms with Gasteiger partial charge in [-0.2, -0.15) is 5.26 Å². The molecule has 0 fully saturated rings. The van der Waals surface area contributed by atoms with Crippen LogP contribution < -0.4 is 10.1 Å². The number of ether oxygens (including phenoxy) is 1.